The molecule has 0 saturated carbocycles. The van der Waals surface area contributed by atoms with E-state index in [1.54, 1.807) is 0 Å². The Morgan fingerprint density at radius 1 is 1.31 bits per heavy atom. The second kappa shape index (κ2) is 3.65. The molecule has 0 bridgehead atoms. The first-order valence-electron chi connectivity index (χ1n) is 4.90. The van der Waals surface area contributed by atoms with Crippen molar-refractivity contribution in [3.8, 4) is 0 Å². The topological polar surface area (TPSA) is 3.24 Å². The van der Waals surface area contributed by atoms with Gasteiger partial charge in [-0.3, -0.25) is 0 Å². The fourth-order valence-electron chi connectivity index (χ4n) is 1.74. The van der Waals surface area contributed by atoms with Gasteiger partial charge in [-0.05, 0) is 29.8 Å². The summed E-state index contributed by atoms with van der Waals surface area (Å²) >= 11 is 0. The second-order valence-electron chi connectivity index (χ2n) is 3.49. The summed E-state index contributed by atoms with van der Waals surface area (Å²) in [6, 6.07) is 8.59. The number of hydrogen-bond acceptors (Lipinski definition) is 1. The summed E-state index contributed by atoms with van der Waals surface area (Å²) < 4.78 is 0. The van der Waals surface area contributed by atoms with Gasteiger partial charge in [0.2, 0.25) is 0 Å². The average molecular weight is 173 g/mol. The first kappa shape index (κ1) is 8.36. The molecule has 0 N–H and O–H groups in total. The van der Waals surface area contributed by atoms with E-state index in [1.807, 2.05) is 0 Å². The molecule has 0 radical (unpaired) electrons. The SMILES string of the molecule is CCCN1C=Cc2ccccc2C1. The van der Waals surface area contributed by atoms with Crippen LogP contribution in [0.2, 0.25) is 0 Å². The molecule has 0 aromatic heterocycles. The number of rotatable bonds is 2. The summed E-state index contributed by atoms with van der Waals surface area (Å²) in [6.45, 7) is 4.44. The zero-order valence-electron chi connectivity index (χ0n) is 8.03. The van der Waals surface area contributed by atoms with Crippen molar-refractivity contribution in [2.45, 2.75) is 19.9 Å². The lowest BCUT2D eigenvalue weighted by molar-refractivity contribution is 0.367. The van der Waals surface area contributed by atoms with Crippen LogP contribution in [0.4, 0.5) is 0 Å². The highest BCUT2D eigenvalue weighted by molar-refractivity contribution is 5.55. The smallest absolute Gasteiger partial charge is 0.0429 e. The van der Waals surface area contributed by atoms with Crippen LogP contribution in [0, 0.1) is 0 Å². The molecule has 2 rings (SSSR count). The van der Waals surface area contributed by atoms with Gasteiger partial charge in [0.15, 0.2) is 0 Å². The highest BCUT2D eigenvalue weighted by Gasteiger charge is 2.07. The lowest BCUT2D eigenvalue weighted by atomic mass is 10.0. The van der Waals surface area contributed by atoms with Crippen LogP contribution in [-0.4, -0.2) is 11.4 Å². The molecule has 1 aliphatic heterocycles. The summed E-state index contributed by atoms with van der Waals surface area (Å²) in [5.74, 6) is 0. The van der Waals surface area contributed by atoms with Crippen molar-refractivity contribution in [2.75, 3.05) is 6.54 Å². The quantitative estimate of drug-likeness (QED) is 0.664. The first-order valence-corrected chi connectivity index (χ1v) is 4.90. The van der Waals surface area contributed by atoms with E-state index < -0.39 is 0 Å². The minimum absolute atomic E-state index is 1.07. The Hall–Kier alpha value is -1.24. The Labute approximate surface area is 79.7 Å². The average Bonchev–Trinajstić information content (AvgIpc) is 2.18. The van der Waals surface area contributed by atoms with Crippen molar-refractivity contribution < 1.29 is 0 Å². The summed E-state index contributed by atoms with van der Waals surface area (Å²) in [4.78, 5) is 2.36. The molecule has 0 amide bonds. The van der Waals surface area contributed by atoms with E-state index in [1.165, 1.54) is 17.5 Å². The second-order valence-corrected chi connectivity index (χ2v) is 3.49. The lowest BCUT2D eigenvalue weighted by Crippen LogP contribution is -2.20. The van der Waals surface area contributed by atoms with E-state index in [4.69, 9.17) is 0 Å². The number of fused-ring (bicyclic) bond motifs is 1. The fraction of sp³-hybridized carbons (Fsp3) is 0.333. The summed E-state index contributed by atoms with van der Waals surface area (Å²) in [5, 5.41) is 0. The largest absolute Gasteiger partial charge is 0.373 e. The molecule has 0 fully saturated rings. The molecule has 1 aromatic rings. The Balaban J connectivity index is 2.19. The zero-order valence-corrected chi connectivity index (χ0v) is 8.03. The maximum atomic E-state index is 2.36. The van der Waals surface area contributed by atoms with Crippen LogP contribution in [0.1, 0.15) is 24.5 Å². The van der Waals surface area contributed by atoms with Crippen LogP contribution >= 0.6 is 0 Å². The molecule has 0 aliphatic carbocycles. The molecule has 1 heteroatoms. The molecule has 68 valence electrons. The minimum atomic E-state index is 1.07. The Kier molecular flexibility index (Phi) is 2.35. The van der Waals surface area contributed by atoms with Crippen molar-refractivity contribution in [2.24, 2.45) is 0 Å². The van der Waals surface area contributed by atoms with E-state index in [-0.39, 0.29) is 0 Å². The molecule has 1 aliphatic rings. The Bertz CT molecular complexity index is 315. The van der Waals surface area contributed by atoms with Crippen LogP contribution in [0.25, 0.3) is 6.08 Å². The predicted octanol–water partition coefficient (Wildman–Crippen LogP) is 2.88. The van der Waals surface area contributed by atoms with Crippen LogP contribution < -0.4 is 0 Å². The zero-order chi connectivity index (χ0) is 9.10. The van der Waals surface area contributed by atoms with Gasteiger partial charge >= 0.3 is 0 Å². The Morgan fingerprint density at radius 3 is 3.00 bits per heavy atom. The Morgan fingerprint density at radius 2 is 2.15 bits per heavy atom. The number of hydrogen-bond donors (Lipinski definition) is 0. The highest BCUT2D eigenvalue weighted by Crippen LogP contribution is 2.18. The molecule has 13 heavy (non-hydrogen) atoms. The van der Waals surface area contributed by atoms with E-state index in [2.05, 4.69) is 48.4 Å². The van der Waals surface area contributed by atoms with Crippen molar-refractivity contribution in [3.05, 3.63) is 41.6 Å². The number of nitrogens with zero attached hydrogens (tertiary/aromatic N) is 1. The van der Waals surface area contributed by atoms with E-state index in [9.17, 15) is 0 Å². The van der Waals surface area contributed by atoms with Gasteiger partial charge in [0.05, 0.1) is 0 Å². The lowest BCUT2D eigenvalue weighted by Gasteiger charge is -2.24. The molecular weight excluding hydrogens is 158 g/mol. The summed E-state index contributed by atoms with van der Waals surface area (Å²) in [6.07, 6.45) is 5.62. The van der Waals surface area contributed by atoms with Gasteiger partial charge in [-0.15, -0.1) is 0 Å². The van der Waals surface area contributed by atoms with Gasteiger partial charge in [0.25, 0.3) is 0 Å². The molecule has 0 saturated heterocycles. The molecule has 0 spiro atoms. The normalized spacial score (nSPS) is 14.4. The monoisotopic (exact) mass is 173 g/mol. The van der Waals surface area contributed by atoms with Crippen LogP contribution in [0.5, 0.6) is 0 Å². The summed E-state index contributed by atoms with van der Waals surface area (Å²) in [5.41, 5.74) is 2.81. The highest BCUT2D eigenvalue weighted by atomic mass is 15.1. The molecule has 1 aromatic carbocycles. The number of benzene rings is 1. The van der Waals surface area contributed by atoms with Gasteiger partial charge in [0, 0.05) is 13.1 Å². The van der Waals surface area contributed by atoms with Crippen molar-refractivity contribution in [1.82, 2.24) is 4.90 Å². The third-order valence-corrected chi connectivity index (χ3v) is 2.40. The minimum Gasteiger partial charge on any atom is -0.373 e. The molecule has 0 atom stereocenters. The van der Waals surface area contributed by atoms with Crippen molar-refractivity contribution in [3.63, 3.8) is 0 Å². The fourth-order valence-corrected chi connectivity index (χ4v) is 1.74. The van der Waals surface area contributed by atoms with Crippen molar-refractivity contribution >= 4 is 6.08 Å². The van der Waals surface area contributed by atoms with Gasteiger partial charge < -0.3 is 4.90 Å². The van der Waals surface area contributed by atoms with Crippen LogP contribution in [0.15, 0.2) is 30.5 Å². The third kappa shape index (κ3) is 1.74. The maximum absolute atomic E-state index is 2.36. The van der Waals surface area contributed by atoms with Crippen LogP contribution in [-0.2, 0) is 6.54 Å². The van der Waals surface area contributed by atoms with E-state index >= 15 is 0 Å². The molecule has 0 unspecified atom stereocenters. The van der Waals surface area contributed by atoms with Gasteiger partial charge in [-0.25, -0.2) is 0 Å². The predicted molar refractivity (Wildman–Crippen MR) is 56.2 cm³/mol. The van der Waals surface area contributed by atoms with Gasteiger partial charge in [-0.2, -0.15) is 0 Å². The summed E-state index contributed by atoms with van der Waals surface area (Å²) in [7, 11) is 0. The third-order valence-electron chi connectivity index (χ3n) is 2.40. The molecular formula is C12H15N. The van der Waals surface area contributed by atoms with Crippen LogP contribution in [0.3, 0.4) is 0 Å². The van der Waals surface area contributed by atoms with Gasteiger partial charge in [-0.1, -0.05) is 31.2 Å². The van der Waals surface area contributed by atoms with E-state index in [0.717, 1.165) is 13.1 Å². The molecule has 1 nitrogen and oxygen atoms in total. The standard InChI is InChI=1S/C12H15N/c1-2-8-13-9-7-11-5-3-4-6-12(11)10-13/h3-7,9H,2,8,10H2,1H3. The first-order chi connectivity index (χ1) is 6.40. The molecule has 1 heterocycles. The van der Waals surface area contributed by atoms with E-state index in [0.29, 0.717) is 0 Å². The van der Waals surface area contributed by atoms with Crippen molar-refractivity contribution in [1.29, 1.82) is 0 Å². The van der Waals surface area contributed by atoms with Gasteiger partial charge in [0.1, 0.15) is 0 Å². The maximum Gasteiger partial charge on any atom is 0.0429 e.